The van der Waals surface area contributed by atoms with E-state index in [0.717, 1.165) is 0 Å². The molecule has 1 aromatic heterocycles. The number of anilines is 1. The molecule has 1 saturated heterocycles. The maximum absolute atomic E-state index is 12.8. The fourth-order valence-corrected chi connectivity index (χ4v) is 2.24. The third kappa shape index (κ3) is 2.46. The van der Waals surface area contributed by atoms with E-state index in [1.807, 2.05) is 6.07 Å². The van der Waals surface area contributed by atoms with Crippen molar-refractivity contribution in [1.29, 1.82) is 0 Å². The lowest BCUT2D eigenvalue weighted by molar-refractivity contribution is -0.250. The molecule has 0 saturated carbocycles. The minimum atomic E-state index is -4.67. The van der Waals surface area contributed by atoms with Crippen LogP contribution in [0, 0.1) is 0 Å². The summed E-state index contributed by atoms with van der Waals surface area (Å²) in [5.74, 6) is 0.280. The van der Waals surface area contributed by atoms with Crippen LogP contribution in [0.5, 0.6) is 0 Å². The second kappa shape index (κ2) is 4.73. The van der Waals surface area contributed by atoms with Crippen molar-refractivity contribution >= 4 is 5.95 Å². The number of aliphatic hydroxyl groups is 1. The van der Waals surface area contributed by atoms with Gasteiger partial charge in [0, 0.05) is 18.5 Å². The van der Waals surface area contributed by atoms with Crippen molar-refractivity contribution in [1.82, 2.24) is 10.1 Å². The first kappa shape index (κ1) is 13.9. The van der Waals surface area contributed by atoms with Gasteiger partial charge in [-0.25, -0.2) is 0 Å². The quantitative estimate of drug-likeness (QED) is 0.921. The molecule has 0 amide bonds. The number of β-amino-alcohol motifs (C(OH)–C–C–N with tert-alkyl or cyclic N) is 1. The number of benzene rings is 1. The number of halogens is 3. The Bertz CT molecular complexity index is 629. The van der Waals surface area contributed by atoms with Gasteiger partial charge in [-0.15, -0.1) is 0 Å². The lowest BCUT2D eigenvalue weighted by atomic mass is 10.0. The average Bonchev–Trinajstić information content (AvgIpc) is 3.06. The SMILES string of the molecule is O[C@@]1(C(F)(F)F)CCN(c2noc(-c3ccccc3)n2)C1. The van der Waals surface area contributed by atoms with Crippen LogP contribution in [-0.4, -0.2) is 40.1 Å². The Balaban J connectivity index is 1.80. The Morgan fingerprint density at radius 3 is 2.57 bits per heavy atom. The third-order valence-corrected chi connectivity index (χ3v) is 3.49. The van der Waals surface area contributed by atoms with Crippen LogP contribution < -0.4 is 4.90 Å². The van der Waals surface area contributed by atoms with E-state index in [9.17, 15) is 18.3 Å². The number of rotatable bonds is 2. The molecule has 1 fully saturated rings. The lowest BCUT2D eigenvalue weighted by Gasteiger charge is -2.25. The topological polar surface area (TPSA) is 62.4 Å². The van der Waals surface area contributed by atoms with E-state index < -0.39 is 24.7 Å². The van der Waals surface area contributed by atoms with Crippen LogP contribution in [-0.2, 0) is 0 Å². The summed E-state index contributed by atoms with van der Waals surface area (Å²) in [6.45, 7) is -0.575. The molecule has 8 heteroatoms. The molecule has 2 heterocycles. The van der Waals surface area contributed by atoms with Crippen molar-refractivity contribution in [2.24, 2.45) is 0 Å². The molecular weight excluding hydrogens is 287 g/mol. The number of hydrogen-bond acceptors (Lipinski definition) is 5. The first-order valence-corrected chi connectivity index (χ1v) is 6.32. The summed E-state index contributed by atoms with van der Waals surface area (Å²) in [6, 6.07) is 8.92. The zero-order chi connectivity index (χ0) is 15.1. The smallest absolute Gasteiger partial charge is 0.379 e. The van der Waals surface area contributed by atoms with Crippen LogP contribution >= 0.6 is 0 Å². The number of hydrogen-bond donors (Lipinski definition) is 1. The monoisotopic (exact) mass is 299 g/mol. The maximum atomic E-state index is 12.8. The minimum Gasteiger partial charge on any atom is -0.379 e. The largest absolute Gasteiger partial charge is 0.419 e. The van der Waals surface area contributed by atoms with Gasteiger partial charge in [0.05, 0.1) is 6.54 Å². The van der Waals surface area contributed by atoms with Crippen LogP contribution in [0.15, 0.2) is 34.9 Å². The molecule has 0 unspecified atom stereocenters. The second-order valence-electron chi connectivity index (χ2n) is 4.97. The molecule has 1 aliphatic rings. The Morgan fingerprint density at radius 1 is 1.24 bits per heavy atom. The number of alkyl halides is 3. The summed E-state index contributed by atoms with van der Waals surface area (Å²) in [6.07, 6.45) is -5.08. The summed E-state index contributed by atoms with van der Waals surface area (Å²) in [7, 11) is 0. The van der Waals surface area contributed by atoms with Gasteiger partial charge in [-0.05, 0) is 17.3 Å². The molecule has 1 atom stereocenters. The Hall–Kier alpha value is -2.09. The normalized spacial score (nSPS) is 22.8. The van der Waals surface area contributed by atoms with Gasteiger partial charge in [0.25, 0.3) is 11.8 Å². The molecule has 0 aliphatic carbocycles. The zero-order valence-corrected chi connectivity index (χ0v) is 10.8. The van der Waals surface area contributed by atoms with E-state index in [2.05, 4.69) is 10.1 Å². The summed E-state index contributed by atoms with van der Waals surface area (Å²) in [4.78, 5) is 5.35. The van der Waals surface area contributed by atoms with Crippen molar-refractivity contribution in [3.05, 3.63) is 30.3 Å². The molecule has 112 valence electrons. The molecule has 1 aliphatic heterocycles. The van der Waals surface area contributed by atoms with E-state index in [1.165, 1.54) is 4.90 Å². The molecule has 1 N–H and O–H groups in total. The molecule has 0 radical (unpaired) electrons. The third-order valence-electron chi connectivity index (χ3n) is 3.49. The fraction of sp³-hybridized carbons (Fsp3) is 0.385. The summed E-state index contributed by atoms with van der Waals surface area (Å²) >= 11 is 0. The average molecular weight is 299 g/mol. The summed E-state index contributed by atoms with van der Waals surface area (Å²) in [5.41, 5.74) is -2.04. The number of nitrogens with zero attached hydrogens (tertiary/aromatic N) is 3. The van der Waals surface area contributed by atoms with Crippen molar-refractivity contribution in [3.8, 4) is 11.5 Å². The molecule has 2 aromatic rings. The number of aromatic nitrogens is 2. The second-order valence-corrected chi connectivity index (χ2v) is 4.97. The minimum absolute atomic E-state index is 0.0176. The molecule has 0 spiro atoms. The lowest BCUT2D eigenvalue weighted by Crippen LogP contribution is -2.47. The van der Waals surface area contributed by atoms with Crippen molar-refractivity contribution in [2.45, 2.75) is 18.2 Å². The predicted octanol–water partition coefficient (Wildman–Crippen LogP) is 2.24. The molecule has 21 heavy (non-hydrogen) atoms. The van der Waals surface area contributed by atoms with E-state index in [-0.39, 0.29) is 18.4 Å². The molecule has 3 rings (SSSR count). The highest BCUT2D eigenvalue weighted by atomic mass is 19.4. The van der Waals surface area contributed by atoms with Crippen molar-refractivity contribution in [2.75, 3.05) is 18.0 Å². The Morgan fingerprint density at radius 2 is 1.95 bits per heavy atom. The Labute approximate surface area is 118 Å². The van der Waals surface area contributed by atoms with Gasteiger partial charge in [0.2, 0.25) is 0 Å². The molecule has 1 aromatic carbocycles. The van der Waals surface area contributed by atoms with Gasteiger partial charge in [-0.1, -0.05) is 18.2 Å². The van der Waals surface area contributed by atoms with Crippen molar-refractivity contribution < 1.29 is 22.8 Å². The molecular formula is C13H12F3N3O2. The van der Waals surface area contributed by atoms with Gasteiger partial charge in [-0.3, -0.25) is 0 Å². The highest BCUT2D eigenvalue weighted by molar-refractivity contribution is 5.54. The fourth-order valence-electron chi connectivity index (χ4n) is 2.24. The van der Waals surface area contributed by atoms with E-state index in [4.69, 9.17) is 4.52 Å². The Kier molecular flexibility index (Phi) is 3.12. The highest BCUT2D eigenvalue weighted by Gasteiger charge is 2.57. The van der Waals surface area contributed by atoms with Gasteiger partial charge in [-0.2, -0.15) is 18.2 Å². The predicted molar refractivity (Wildman–Crippen MR) is 67.6 cm³/mol. The van der Waals surface area contributed by atoms with Gasteiger partial charge in [0.1, 0.15) is 0 Å². The van der Waals surface area contributed by atoms with E-state index in [1.54, 1.807) is 24.3 Å². The first-order chi connectivity index (χ1) is 9.89. The molecule has 5 nitrogen and oxygen atoms in total. The zero-order valence-electron chi connectivity index (χ0n) is 10.8. The van der Waals surface area contributed by atoms with Crippen LogP contribution in [0.3, 0.4) is 0 Å². The highest BCUT2D eigenvalue weighted by Crippen LogP contribution is 2.38. The summed E-state index contributed by atoms with van der Waals surface area (Å²) < 4.78 is 43.3. The van der Waals surface area contributed by atoms with Gasteiger partial charge < -0.3 is 14.5 Å². The first-order valence-electron chi connectivity index (χ1n) is 6.32. The van der Waals surface area contributed by atoms with Gasteiger partial charge >= 0.3 is 6.18 Å². The van der Waals surface area contributed by atoms with Crippen molar-refractivity contribution in [3.63, 3.8) is 0 Å². The van der Waals surface area contributed by atoms with E-state index in [0.29, 0.717) is 5.56 Å². The summed E-state index contributed by atoms with van der Waals surface area (Å²) in [5, 5.41) is 13.3. The van der Waals surface area contributed by atoms with Crippen LogP contribution in [0.25, 0.3) is 11.5 Å². The van der Waals surface area contributed by atoms with Crippen LogP contribution in [0.4, 0.5) is 19.1 Å². The van der Waals surface area contributed by atoms with E-state index >= 15 is 0 Å². The van der Waals surface area contributed by atoms with Crippen LogP contribution in [0.1, 0.15) is 6.42 Å². The molecule has 0 bridgehead atoms. The van der Waals surface area contributed by atoms with Gasteiger partial charge in [0.15, 0.2) is 5.60 Å². The van der Waals surface area contributed by atoms with Crippen LogP contribution in [0.2, 0.25) is 0 Å². The standard InChI is InChI=1S/C13H12F3N3O2/c14-13(15,16)12(20)6-7-19(8-12)11-17-10(21-18-11)9-4-2-1-3-5-9/h1-5,20H,6-8H2/t12-/m0/s1. The maximum Gasteiger partial charge on any atom is 0.419 e.